The Kier molecular flexibility index (Phi) is 5.48. The maximum absolute atomic E-state index is 13.8. The standard InChI is InChI=1S/C25H22ClFN4O3/c1-13-10-20-22(25(34)31(13)16-6-7-16)17-4-3-9-28-23(17)14(2)24(33)30(20)12-21(32)29-15-5-8-18(26)19(27)11-15/h3-5,8-11,14,16H,6-7,12H2,1-2H3,(H,29,32). The van der Waals surface area contributed by atoms with Crippen molar-refractivity contribution in [2.45, 2.75) is 38.6 Å². The SMILES string of the molecule is Cc1cc2c(c(=O)n1C1CC1)-c1cccnc1C(C)C(=O)N2CC(=O)Nc1ccc(Cl)c(F)c1. The first kappa shape index (κ1) is 22.3. The quantitative estimate of drug-likeness (QED) is 0.598. The molecule has 2 aromatic heterocycles. The summed E-state index contributed by atoms with van der Waals surface area (Å²) in [6.07, 6.45) is 3.45. The Bertz CT molecular complexity index is 1400. The van der Waals surface area contributed by atoms with Crippen LogP contribution in [-0.4, -0.2) is 27.9 Å². The molecule has 34 heavy (non-hydrogen) atoms. The first-order valence-electron chi connectivity index (χ1n) is 11.0. The second kappa shape index (κ2) is 8.36. The van der Waals surface area contributed by atoms with Crippen molar-refractivity contribution in [3.63, 3.8) is 0 Å². The molecule has 9 heteroatoms. The Balaban J connectivity index is 1.60. The largest absolute Gasteiger partial charge is 0.324 e. The summed E-state index contributed by atoms with van der Waals surface area (Å²) in [5.41, 5.74) is 2.58. The minimum atomic E-state index is -0.668. The molecule has 0 saturated heterocycles. The lowest BCUT2D eigenvalue weighted by Gasteiger charge is -2.25. The summed E-state index contributed by atoms with van der Waals surface area (Å²) in [6, 6.07) is 9.38. The van der Waals surface area contributed by atoms with Gasteiger partial charge in [0.25, 0.3) is 5.56 Å². The highest BCUT2D eigenvalue weighted by Gasteiger charge is 2.37. The van der Waals surface area contributed by atoms with Gasteiger partial charge in [0.05, 0.1) is 27.9 Å². The van der Waals surface area contributed by atoms with Crippen LogP contribution in [0.1, 0.15) is 43.1 Å². The third-order valence-electron chi connectivity index (χ3n) is 6.28. The van der Waals surface area contributed by atoms with E-state index in [1.165, 1.54) is 17.0 Å². The first-order valence-corrected chi connectivity index (χ1v) is 11.4. The number of amides is 2. The summed E-state index contributed by atoms with van der Waals surface area (Å²) in [4.78, 5) is 45.9. The third-order valence-corrected chi connectivity index (χ3v) is 6.58. The number of benzene rings is 1. The molecule has 1 saturated carbocycles. The van der Waals surface area contributed by atoms with E-state index in [4.69, 9.17) is 11.6 Å². The molecule has 2 amide bonds. The van der Waals surface area contributed by atoms with Crippen LogP contribution in [0, 0.1) is 12.7 Å². The molecular weight excluding hydrogens is 459 g/mol. The molecule has 0 spiro atoms. The highest BCUT2D eigenvalue weighted by Crippen LogP contribution is 2.41. The summed E-state index contributed by atoms with van der Waals surface area (Å²) in [5.74, 6) is -2.21. The molecular formula is C25H22ClFN4O3. The lowest BCUT2D eigenvalue weighted by atomic mass is 9.98. The maximum atomic E-state index is 13.8. The van der Waals surface area contributed by atoms with Crippen LogP contribution in [0.25, 0.3) is 11.1 Å². The summed E-state index contributed by atoms with van der Waals surface area (Å²) < 4.78 is 15.6. The molecule has 3 aromatic rings. The Labute approximate surface area is 200 Å². The smallest absolute Gasteiger partial charge is 0.261 e. The molecule has 3 heterocycles. The molecule has 1 aliphatic heterocycles. The highest BCUT2D eigenvalue weighted by atomic mass is 35.5. The van der Waals surface area contributed by atoms with Crippen LogP contribution in [0.3, 0.4) is 0 Å². The van der Waals surface area contributed by atoms with Gasteiger partial charge in [-0.05, 0) is 57.0 Å². The fourth-order valence-electron chi connectivity index (χ4n) is 4.51. The lowest BCUT2D eigenvalue weighted by molar-refractivity contribution is -0.122. The molecule has 1 aliphatic carbocycles. The Morgan fingerprint density at radius 2 is 2.00 bits per heavy atom. The van der Waals surface area contributed by atoms with Crippen LogP contribution in [0.5, 0.6) is 0 Å². The monoisotopic (exact) mass is 480 g/mol. The van der Waals surface area contributed by atoms with E-state index in [0.717, 1.165) is 24.6 Å². The van der Waals surface area contributed by atoms with Crippen LogP contribution >= 0.6 is 11.6 Å². The molecule has 1 atom stereocenters. The Morgan fingerprint density at radius 3 is 2.71 bits per heavy atom. The minimum absolute atomic E-state index is 0.0591. The predicted molar refractivity (Wildman–Crippen MR) is 128 cm³/mol. The van der Waals surface area contributed by atoms with E-state index in [0.29, 0.717) is 22.5 Å². The van der Waals surface area contributed by atoms with Gasteiger partial charge in [0.2, 0.25) is 11.8 Å². The van der Waals surface area contributed by atoms with Crippen LogP contribution < -0.4 is 15.8 Å². The predicted octanol–water partition coefficient (Wildman–Crippen LogP) is 4.43. The summed E-state index contributed by atoms with van der Waals surface area (Å²) >= 11 is 5.72. The van der Waals surface area contributed by atoms with Gasteiger partial charge >= 0.3 is 0 Å². The second-order valence-corrected chi connectivity index (χ2v) is 9.12. The minimum Gasteiger partial charge on any atom is -0.324 e. The average molecular weight is 481 g/mol. The number of fused-ring (bicyclic) bond motifs is 3. The van der Waals surface area contributed by atoms with Crippen molar-refractivity contribution in [1.29, 1.82) is 0 Å². The van der Waals surface area contributed by atoms with E-state index >= 15 is 0 Å². The van der Waals surface area contributed by atoms with Crippen LogP contribution in [0.4, 0.5) is 15.8 Å². The van der Waals surface area contributed by atoms with Gasteiger partial charge in [-0.2, -0.15) is 0 Å². The van der Waals surface area contributed by atoms with Crippen LogP contribution in [-0.2, 0) is 9.59 Å². The van der Waals surface area contributed by atoms with Gasteiger partial charge in [-0.3, -0.25) is 19.4 Å². The van der Waals surface area contributed by atoms with E-state index in [1.54, 1.807) is 35.9 Å². The number of nitrogens with zero attached hydrogens (tertiary/aromatic N) is 3. The van der Waals surface area contributed by atoms with E-state index in [-0.39, 0.29) is 34.8 Å². The number of aryl methyl sites for hydroxylation is 1. The molecule has 1 fully saturated rings. The number of carbonyl (C=O) groups excluding carboxylic acids is 2. The van der Waals surface area contributed by atoms with Gasteiger partial charge in [-0.25, -0.2) is 4.39 Å². The van der Waals surface area contributed by atoms with Gasteiger partial charge in [0, 0.05) is 29.2 Å². The Hall–Kier alpha value is -3.52. The van der Waals surface area contributed by atoms with Gasteiger partial charge in [-0.1, -0.05) is 17.7 Å². The third kappa shape index (κ3) is 3.77. The van der Waals surface area contributed by atoms with Crippen LogP contribution in [0.2, 0.25) is 5.02 Å². The number of aromatic nitrogens is 2. The van der Waals surface area contributed by atoms with E-state index in [9.17, 15) is 18.8 Å². The molecule has 0 bridgehead atoms. The summed E-state index contributed by atoms with van der Waals surface area (Å²) in [6.45, 7) is 3.20. The normalized spacial score (nSPS) is 17.1. The van der Waals surface area contributed by atoms with Crippen molar-refractivity contribution < 1.29 is 14.0 Å². The number of rotatable bonds is 4. The zero-order valence-electron chi connectivity index (χ0n) is 18.6. The first-order chi connectivity index (χ1) is 16.3. The lowest BCUT2D eigenvalue weighted by Crippen LogP contribution is -2.40. The van der Waals surface area contributed by atoms with Crippen molar-refractivity contribution in [3.8, 4) is 11.1 Å². The zero-order valence-corrected chi connectivity index (χ0v) is 19.4. The number of pyridine rings is 2. The molecule has 2 aliphatic rings. The number of hydrogen-bond acceptors (Lipinski definition) is 4. The fraction of sp³-hybridized carbons (Fsp3) is 0.280. The molecule has 0 radical (unpaired) electrons. The van der Waals surface area contributed by atoms with Gasteiger partial charge in [-0.15, -0.1) is 0 Å². The molecule has 7 nitrogen and oxygen atoms in total. The maximum Gasteiger partial charge on any atom is 0.261 e. The Morgan fingerprint density at radius 1 is 1.24 bits per heavy atom. The summed E-state index contributed by atoms with van der Waals surface area (Å²) in [7, 11) is 0. The van der Waals surface area contributed by atoms with Gasteiger partial charge < -0.3 is 14.8 Å². The topological polar surface area (TPSA) is 84.3 Å². The second-order valence-electron chi connectivity index (χ2n) is 8.71. The number of nitrogens with one attached hydrogen (secondary N) is 1. The van der Waals surface area contributed by atoms with Crippen molar-refractivity contribution in [2.24, 2.45) is 0 Å². The van der Waals surface area contributed by atoms with E-state index < -0.39 is 17.6 Å². The van der Waals surface area contributed by atoms with Crippen molar-refractivity contribution in [2.75, 3.05) is 16.8 Å². The average Bonchev–Trinajstić information content (AvgIpc) is 3.64. The fourth-order valence-corrected chi connectivity index (χ4v) is 4.62. The molecule has 5 rings (SSSR count). The molecule has 1 unspecified atom stereocenters. The van der Waals surface area contributed by atoms with Crippen molar-refractivity contribution >= 4 is 34.8 Å². The molecule has 1 N–H and O–H groups in total. The van der Waals surface area contributed by atoms with E-state index in [1.807, 2.05) is 6.92 Å². The number of halogens is 2. The number of hydrogen-bond donors (Lipinski definition) is 1. The van der Waals surface area contributed by atoms with Crippen molar-refractivity contribution in [3.05, 3.63) is 75.2 Å². The van der Waals surface area contributed by atoms with E-state index in [2.05, 4.69) is 10.3 Å². The van der Waals surface area contributed by atoms with Gasteiger partial charge in [0.15, 0.2) is 0 Å². The molecule has 1 aromatic carbocycles. The van der Waals surface area contributed by atoms with Gasteiger partial charge in [0.1, 0.15) is 12.4 Å². The summed E-state index contributed by atoms with van der Waals surface area (Å²) in [5, 5.41) is 2.54. The number of anilines is 2. The zero-order chi connectivity index (χ0) is 24.1. The highest BCUT2D eigenvalue weighted by molar-refractivity contribution is 6.30. The van der Waals surface area contributed by atoms with Crippen LogP contribution in [0.15, 0.2) is 47.4 Å². The van der Waals surface area contributed by atoms with Crippen molar-refractivity contribution in [1.82, 2.24) is 9.55 Å². The number of carbonyl (C=O) groups is 2. The molecule has 174 valence electrons.